The molecule has 2 rings (SSSR count). The lowest BCUT2D eigenvalue weighted by Crippen LogP contribution is -2.06. The number of furan rings is 1. The van der Waals surface area contributed by atoms with Crippen molar-refractivity contribution in [1.82, 2.24) is 0 Å². The molecule has 0 aliphatic carbocycles. The Morgan fingerprint density at radius 1 is 1.35 bits per heavy atom. The summed E-state index contributed by atoms with van der Waals surface area (Å²) in [6.07, 6.45) is 2.43. The van der Waals surface area contributed by atoms with Crippen LogP contribution >= 0.6 is 0 Å². The van der Waals surface area contributed by atoms with Crippen molar-refractivity contribution in [1.29, 1.82) is 5.26 Å². The number of hydrogen-bond acceptors (Lipinski definition) is 4. The lowest BCUT2D eigenvalue weighted by Gasteiger charge is -2.07. The Morgan fingerprint density at radius 3 is 2.94 bits per heavy atom. The summed E-state index contributed by atoms with van der Waals surface area (Å²) < 4.78 is 5.22. The maximum absolute atomic E-state index is 8.96. The molecule has 0 atom stereocenters. The highest BCUT2D eigenvalue weighted by Gasteiger charge is 2.02. The minimum atomic E-state index is 0.560. The highest BCUT2D eigenvalue weighted by Crippen LogP contribution is 2.17. The van der Waals surface area contributed by atoms with Crippen LogP contribution in [0.1, 0.15) is 11.3 Å². The first kappa shape index (κ1) is 11.1. The number of nitrogens with zero attached hydrogens (tertiary/aromatic N) is 1. The van der Waals surface area contributed by atoms with Gasteiger partial charge in [-0.15, -0.1) is 0 Å². The second-order valence-corrected chi connectivity index (χ2v) is 3.67. The van der Waals surface area contributed by atoms with Crippen molar-refractivity contribution in [3.63, 3.8) is 0 Å². The highest BCUT2D eigenvalue weighted by molar-refractivity contribution is 5.62. The van der Waals surface area contributed by atoms with E-state index in [1.54, 1.807) is 18.4 Å². The third-order valence-electron chi connectivity index (χ3n) is 2.43. The van der Waals surface area contributed by atoms with Gasteiger partial charge in [0.25, 0.3) is 0 Å². The first-order valence-corrected chi connectivity index (χ1v) is 5.35. The largest absolute Gasteiger partial charge is 0.469 e. The summed E-state index contributed by atoms with van der Waals surface area (Å²) in [5.74, 6) is 0.923. The maximum atomic E-state index is 8.96. The summed E-state index contributed by atoms with van der Waals surface area (Å²) in [7, 11) is 0. The summed E-state index contributed by atoms with van der Waals surface area (Å²) in [6.45, 7) is 0.714. The van der Waals surface area contributed by atoms with Gasteiger partial charge in [0, 0.05) is 18.7 Å². The molecule has 4 nitrogen and oxygen atoms in total. The molecule has 0 amide bonds. The first-order chi connectivity index (χ1) is 8.29. The minimum Gasteiger partial charge on any atom is -0.469 e. The highest BCUT2D eigenvalue weighted by atomic mass is 16.3. The van der Waals surface area contributed by atoms with Gasteiger partial charge in [-0.25, -0.2) is 0 Å². The van der Waals surface area contributed by atoms with Gasteiger partial charge in [0.1, 0.15) is 11.8 Å². The SMILES string of the molecule is N#Cc1cc(N)ccc1NCCc1ccco1. The molecule has 0 unspecified atom stereocenters. The molecular formula is C13H13N3O. The zero-order valence-corrected chi connectivity index (χ0v) is 9.31. The van der Waals surface area contributed by atoms with Gasteiger partial charge in [-0.05, 0) is 30.3 Å². The number of nitrogens with two attached hydrogens (primary N) is 1. The summed E-state index contributed by atoms with van der Waals surface area (Å²) >= 11 is 0. The molecular weight excluding hydrogens is 214 g/mol. The average Bonchev–Trinajstić information content (AvgIpc) is 2.84. The topological polar surface area (TPSA) is 75.0 Å². The van der Waals surface area contributed by atoms with Gasteiger partial charge in [-0.1, -0.05) is 0 Å². The molecule has 1 aromatic carbocycles. The van der Waals surface area contributed by atoms with Crippen LogP contribution in [0.5, 0.6) is 0 Å². The standard InChI is InChI=1S/C13H13N3O/c14-9-10-8-11(15)3-4-13(10)16-6-5-12-2-1-7-17-12/h1-4,7-8,16H,5-6,15H2. The van der Waals surface area contributed by atoms with Gasteiger partial charge < -0.3 is 15.5 Å². The molecule has 0 saturated heterocycles. The number of nitrogens with one attached hydrogen (secondary N) is 1. The molecule has 3 N–H and O–H groups in total. The normalized spacial score (nSPS) is 9.82. The molecule has 1 aromatic heterocycles. The van der Waals surface area contributed by atoms with E-state index in [9.17, 15) is 0 Å². The molecule has 4 heteroatoms. The van der Waals surface area contributed by atoms with Gasteiger partial charge in [0.2, 0.25) is 0 Å². The third-order valence-corrected chi connectivity index (χ3v) is 2.43. The second kappa shape index (κ2) is 5.08. The Balaban J connectivity index is 1.97. The van der Waals surface area contributed by atoms with Crippen molar-refractivity contribution in [2.75, 3.05) is 17.6 Å². The monoisotopic (exact) mass is 227 g/mol. The summed E-state index contributed by atoms with van der Waals surface area (Å²) in [5.41, 5.74) is 7.57. The molecule has 0 radical (unpaired) electrons. The van der Waals surface area contributed by atoms with Gasteiger partial charge >= 0.3 is 0 Å². The van der Waals surface area contributed by atoms with E-state index < -0.39 is 0 Å². The molecule has 0 saturated carbocycles. The molecule has 0 aliphatic rings. The van der Waals surface area contributed by atoms with E-state index in [0.717, 1.165) is 17.9 Å². The molecule has 0 bridgehead atoms. The summed E-state index contributed by atoms with van der Waals surface area (Å²) in [5, 5.41) is 12.2. The Hall–Kier alpha value is -2.41. The van der Waals surface area contributed by atoms with E-state index in [1.165, 1.54) is 0 Å². The molecule has 0 fully saturated rings. The lowest BCUT2D eigenvalue weighted by molar-refractivity contribution is 0.513. The Bertz CT molecular complexity index is 526. The number of nitriles is 1. The summed E-state index contributed by atoms with van der Waals surface area (Å²) in [6, 6.07) is 11.2. The van der Waals surface area contributed by atoms with Crippen LogP contribution in [0.15, 0.2) is 41.0 Å². The fraction of sp³-hybridized carbons (Fsp3) is 0.154. The maximum Gasteiger partial charge on any atom is 0.105 e. The number of anilines is 2. The van der Waals surface area contributed by atoms with Crippen LogP contribution in [0.4, 0.5) is 11.4 Å². The van der Waals surface area contributed by atoms with E-state index in [0.29, 0.717) is 17.8 Å². The fourth-order valence-electron chi connectivity index (χ4n) is 1.58. The fourth-order valence-corrected chi connectivity index (χ4v) is 1.58. The molecule has 17 heavy (non-hydrogen) atoms. The van der Waals surface area contributed by atoms with Crippen molar-refractivity contribution in [2.45, 2.75) is 6.42 Å². The zero-order chi connectivity index (χ0) is 12.1. The number of rotatable bonds is 4. The van der Waals surface area contributed by atoms with Crippen LogP contribution in [-0.2, 0) is 6.42 Å². The van der Waals surface area contributed by atoms with Crippen molar-refractivity contribution in [3.8, 4) is 6.07 Å². The van der Waals surface area contributed by atoms with Gasteiger partial charge in [0.15, 0.2) is 0 Å². The van der Waals surface area contributed by atoms with Crippen LogP contribution in [-0.4, -0.2) is 6.54 Å². The van der Waals surface area contributed by atoms with Crippen LogP contribution in [0, 0.1) is 11.3 Å². The number of benzene rings is 1. The zero-order valence-electron chi connectivity index (χ0n) is 9.31. The van der Waals surface area contributed by atoms with E-state index in [4.69, 9.17) is 15.4 Å². The smallest absolute Gasteiger partial charge is 0.105 e. The van der Waals surface area contributed by atoms with Crippen molar-refractivity contribution < 1.29 is 4.42 Å². The molecule has 0 spiro atoms. The van der Waals surface area contributed by atoms with Crippen molar-refractivity contribution in [3.05, 3.63) is 47.9 Å². The van der Waals surface area contributed by atoms with Crippen molar-refractivity contribution >= 4 is 11.4 Å². The molecule has 2 aromatic rings. The minimum absolute atomic E-state index is 0.560. The summed E-state index contributed by atoms with van der Waals surface area (Å²) in [4.78, 5) is 0. The molecule has 86 valence electrons. The van der Waals surface area contributed by atoms with Crippen molar-refractivity contribution in [2.24, 2.45) is 0 Å². The van der Waals surface area contributed by atoms with Crippen LogP contribution < -0.4 is 11.1 Å². The lowest BCUT2D eigenvalue weighted by atomic mass is 10.1. The van der Waals surface area contributed by atoms with E-state index in [1.807, 2.05) is 18.2 Å². The van der Waals surface area contributed by atoms with Crippen LogP contribution in [0.3, 0.4) is 0 Å². The Labute approximate surface area is 99.7 Å². The number of hydrogen-bond donors (Lipinski definition) is 2. The third kappa shape index (κ3) is 2.79. The Morgan fingerprint density at radius 2 is 2.24 bits per heavy atom. The van der Waals surface area contributed by atoms with Gasteiger partial charge in [0.05, 0.1) is 17.5 Å². The predicted octanol–water partition coefficient (Wildman–Crippen LogP) is 2.39. The second-order valence-electron chi connectivity index (χ2n) is 3.67. The van der Waals surface area contributed by atoms with E-state index >= 15 is 0 Å². The van der Waals surface area contributed by atoms with E-state index in [2.05, 4.69) is 11.4 Å². The van der Waals surface area contributed by atoms with Crippen LogP contribution in [0.25, 0.3) is 0 Å². The first-order valence-electron chi connectivity index (χ1n) is 5.35. The van der Waals surface area contributed by atoms with E-state index in [-0.39, 0.29) is 0 Å². The molecule has 1 heterocycles. The number of nitrogen functional groups attached to an aromatic ring is 1. The molecule has 0 aliphatic heterocycles. The van der Waals surface area contributed by atoms with Gasteiger partial charge in [-0.3, -0.25) is 0 Å². The predicted molar refractivity (Wildman–Crippen MR) is 66.5 cm³/mol. The Kier molecular flexibility index (Phi) is 3.31. The van der Waals surface area contributed by atoms with Crippen LogP contribution in [0.2, 0.25) is 0 Å². The van der Waals surface area contributed by atoms with Gasteiger partial charge in [-0.2, -0.15) is 5.26 Å². The quantitative estimate of drug-likeness (QED) is 0.786. The average molecular weight is 227 g/mol.